The van der Waals surface area contributed by atoms with Crippen molar-refractivity contribution >= 4 is 0 Å². The number of benzene rings is 1. The number of ether oxygens (including phenoxy) is 2. The summed E-state index contributed by atoms with van der Waals surface area (Å²) in [6.07, 6.45) is 1.98. The van der Waals surface area contributed by atoms with Crippen LogP contribution < -0.4 is 10.1 Å². The SMILES string of the molecule is CC(C)CCOCCNCC1Cc2cc(F)ccc2O1. The zero-order valence-corrected chi connectivity index (χ0v) is 12.3. The first-order chi connectivity index (χ1) is 9.65. The van der Waals surface area contributed by atoms with E-state index in [0.717, 1.165) is 50.5 Å². The Kier molecular flexibility index (Phi) is 5.80. The summed E-state index contributed by atoms with van der Waals surface area (Å²) in [6.45, 7) is 7.52. The van der Waals surface area contributed by atoms with Crippen LogP contribution in [0.25, 0.3) is 0 Å². The Balaban J connectivity index is 1.56. The molecule has 1 aliphatic rings. The molecule has 1 unspecified atom stereocenters. The molecule has 0 spiro atoms. The first-order valence-corrected chi connectivity index (χ1v) is 7.38. The highest BCUT2D eigenvalue weighted by atomic mass is 19.1. The van der Waals surface area contributed by atoms with Gasteiger partial charge in [0, 0.05) is 31.7 Å². The Labute approximate surface area is 120 Å². The van der Waals surface area contributed by atoms with Crippen LogP contribution in [0.4, 0.5) is 4.39 Å². The lowest BCUT2D eigenvalue weighted by Crippen LogP contribution is -2.32. The average Bonchev–Trinajstić information content (AvgIpc) is 2.79. The molecule has 112 valence electrons. The van der Waals surface area contributed by atoms with E-state index in [1.807, 2.05) is 0 Å². The Hall–Kier alpha value is -1.13. The van der Waals surface area contributed by atoms with Crippen molar-refractivity contribution in [3.63, 3.8) is 0 Å². The van der Waals surface area contributed by atoms with Gasteiger partial charge in [-0.15, -0.1) is 0 Å². The molecule has 4 heteroatoms. The van der Waals surface area contributed by atoms with Crippen molar-refractivity contribution in [2.45, 2.75) is 32.8 Å². The van der Waals surface area contributed by atoms with E-state index in [1.54, 1.807) is 12.1 Å². The smallest absolute Gasteiger partial charge is 0.123 e. The molecule has 20 heavy (non-hydrogen) atoms. The Morgan fingerprint density at radius 3 is 3.05 bits per heavy atom. The summed E-state index contributed by atoms with van der Waals surface area (Å²) in [7, 11) is 0. The summed E-state index contributed by atoms with van der Waals surface area (Å²) in [5, 5.41) is 3.32. The minimum Gasteiger partial charge on any atom is -0.488 e. The molecular formula is C16H24FNO2. The van der Waals surface area contributed by atoms with Gasteiger partial charge in [0.1, 0.15) is 17.7 Å². The molecule has 1 heterocycles. The van der Waals surface area contributed by atoms with Crippen molar-refractivity contribution in [3.05, 3.63) is 29.6 Å². The number of hydrogen-bond donors (Lipinski definition) is 1. The summed E-state index contributed by atoms with van der Waals surface area (Å²) >= 11 is 0. The van der Waals surface area contributed by atoms with Crippen molar-refractivity contribution in [3.8, 4) is 5.75 Å². The molecule has 0 fully saturated rings. The van der Waals surface area contributed by atoms with Crippen LogP contribution in [0.1, 0.15) is 25.8 Å². The number of halogens is 1. The van der Waals surface area contributed by atoms with E-state index in [1.165, 1.54) is 6.07 Å². The molecule has 1 N–H and O–H groups in total. The zero-order chi connectivity index (χ0) is 14.4. The van der Waals surface area contributed by atoms with Crippen LogP contribution in [0.2, 0.25) is 0 Å². The van der Waals surface area contributed by atoms with Crippen molar-refractivity contribution < 1.29 is 13.9 Å². The van der Waals surface area contributed by atoms with E-state index in [9.17, 15) is 4.39 Å². The quantitative estimate of drug-likeness (QED) is 0.743. The number of rotatable bonds is 8. The van der Waals surface area contributed by atoms with Gasteiger partial charge in [-0.05, 0) is 30.5 Å². The first-order valence-electron chi connectivity index (χ1n) is 7.38. The predicted molar refractivity (Wildman–Crippen MR) is 77.7 cm³/mol. The standard InChI is InChI=1S/C16H24FNO2/c1-12(2)5-7-19-8-6-18-11-15-10-13-9-14(17)3-4-16(13)20-15/h3-4,9,12,15,18H,5-8,10-11H2,1-2H3. The van der Waals surface area contributed by atoms with Gasteiger partial charge < -0.3 is 14.8 Å². The van der Waals surface area contributed by atoms with Gasteiger partial charge in [-0.3, -0.25) is 0 Å². The van der Waals surface area contributed by atoms with Crippen LogP contribution in [0.15, 0.2) is 18.2 Å². The molecule has 0 aromatic heterocycles. The van der Waals surface area contributed by atoms with E-state index in [4.69, 9.17) is 9.47 Å². The zero-order valence-electron chi connectivity index (χ0n) is 12.3. The molecule has 1 aromatic carbocycles. The Morgan fingerprint density at radius 1 is 1.40 bits per heavy atom. The topological polar surface area (TPSA) is 30.5 Å². The molecule has 3 nitrogen and oxygen atoms in total. The van der Waals surface area contributed by atoms with Crippen LogP contribution >= 0.6 is 0 Å². The maximum Gasteiger partial charge on any atom is 0.123 e. The molecule has 2 rings (SSSR count). The molecular weight excluding hydrogens is 257 g/mol. The molecule has 1 atom stereocenters. The number of fused-ring (bicyclic) bond motifs is 1. The molecule has 0 saturated heterocycles. The number of nitrogens with one attached hydrogen (secondary N) is 1. The highest BCUT2D eigenvalue weighted by Crippen LogP contribution is 2.28. The summed E-state index contributed by atoms with van der Waals surface area (Å²) in [5.41, 5.74) is 0.963. The monoisotopic (exact) mass is 281 g/mol. The summed E-state index contributed by atoms with van der Waals surface area (Å²) in [5.74, 6) is 1.31. The average molecular weight is 281 g/mol. The maximum absolute atomic E-state index is 13.1. The molecule has 0 radical (unpaired) electrons. The van der Waals surface area contributed by atoms with Gasteiger partial charge in [0.25, 0.3) is 0 Å². The summed E-state index contributed by atoms with van der Waals surface area (Å²) < 4.78 is 24.4. The van der Waals surface area contributed by atoms with E-state index < -0.39 is 0 Å². The second-order valence-electron chi connectivity index (χ2n) is 5.70. The molecule has 0 aliphatic carbocycles. The van der Waals surface area contributed by atoms with Gasteiger partial charge in [-0.1, -0.05) is 13.8 Å². The first kappa shape index (κ1) is 15.3. The fraction of sp³-hybridized carbons (Fsp3) is 0.625. The third-order valence-electron chi connectivity index (χ3n) is 3.40. The highest BCUT2D eigenvalue weighted by Gasteiger charge is 2.22. The van der Waals surface area contributed by atoms with Gasteiger partial charge >= 0.3 is 0 Å². The summed E-state index contributed by atoms with van der Waals surface area (Å²) in [6, 6.07) is 4.71. The van der Waals surface area contributed by atoms with Crippen LogP contribution in [0.3, 0.4) is 0 Å². The lowest BCUT2D eigenvalue weighted by molar-refractivity contribution is 0.122. The molecule has 1 aliphatic heterocycles. The van der Waals surface area contributed by atoms with Gasteiger partial charge in [-0.25, -0.2) is 4.39 Å². The largest absolute Gasteiger partial charge is 0.488 e. The Bertz CT molecular complexity index is 423. The van der Waals surface area contributed by atoms with E-state index >= 15 is 0 Å². The Morgan fingerprint density at radius 2 is 2.25 bits per heavy atom. The van der Waals surface area contributed by atoms with Crippen molar-refractivity contribution in [2.24, 2.45) is 5.92 Å². The minimum atomic E-state index is -0.195. The van der Waals surface area contributed by atoms with Crippen LogP contribution in [-0.2, 0) is 11.2 Å². The van der Waals surface area contributed by atoms with Gasteiger partial charge in [0.2, 0.25) is 0 Å². The van der Waals surface area contributed by atoms with E-state index in [0.29, 0.717) is 5.92 Å². The normalized spacial score (nSPS) is 17.3. The molecule has 0 bridgehead atoms. The third kappa shape index (κ3) is 4.76. The predicted octanol–water partition coefficient (Wildman–Crippen LogP) is 2.78. The van der Waals surface area contributed by atoms with Crippen molar-refractivity contribution in [1.29, 1.82) is 0 Å². The van der Waals surface area contributed by atoms with Crippen molar-refractivity contribution in [2.75, 3.05) is 26.3 Å². The molecule has 0 amide bonds. The van der Waals surface area contributed by atoms with Gasteiger partial charge in [0.15, 0.2) is 0 Å². The maximum atomic E-state index is 13.1. The van der Waals surface area contributed by atoms with Crippen LogP contribution in [-0.4, -0.2) is 32.4 Å². The van der Waals surface area contributed by atoms with Crippen LogP contribution in [0.5, 0.6) is 5.75 Å². The van der Waals surface area contributed by atoms with Crippen molar-refractivity contribution in [1.82, 2.24) is 5.32 Å². The van der Waals surface area contributed by atoms with Gasteiger partial charge in [-0.2, -0.15) is 0 Å². The molecule has 1 aromatic rings. The van der Waals surface area contributed by atoms with Gasteiger partial charge in [0.05, 0.1) is 6.61 Å². The lowest BCUT2D eigenvalue weighted by Gasteiger charge is -2.12. The lowest BCUT2D eigenvalue weighted by atomic mass is 10.1. The fourth-order valence-electron chi connectivity index (χ4n) is 2.23. The second kappa shape index (κ2) is 7.60. The third-order valence-corrected chi connectivity index (χ3v) is 3.40. The minimum absolute atomic E-state index is 0.0995. The fourth-order valence-corrected chi connectivity index (χ4v) is 2.23. The second-order valence-corrected chi connectivity index (χ2v) is 5.70. The highest BCUT2D eigenvalue weighted by molar-refractivity contribution is 5.37. The number of hydrogen-bond acceptors (Lipinski definition) is 3. The molecule has 0 saturated carbocycles. The van der Waals surface area contributed by atoms with E-state index in [-0.39, 0.29) is 11.9 Å². The summed E-state index contributed by atoms with van der Waals surface area (Å²) in [4.78, 5) is 0. The van der Waals surface area contributed by atoms with Crippen LogP contribution in [0, 0.1) is 11.7 Å². The van der Waals surface area contributed by atoms with E-state index in [2.05, 4.69) is 19.2 Å².